The smallest absolute Gasteiger partial charge is 0.120 e. The number of phenols is 1. The van der Waals surface area contributed by atoms with Crippen molar-refractivity contribution in [3.8, 4) is 5.75 Å². The Morgan fingerprint density at radius 2 is 2.14 bits per heavy atom. The van der Waals surface area contributed by atoms with Crippen LogP contribution in [-0.2, 0) is 0 Å². The molecule has 0 bridgehead atoms. The monoisotopic (exact) mass is 219 g/mol. The third kappa shape index (κ3) is 3.16. The average molecular weight is 220 g/mol. The maximum absolute atomic E-state index is 12.0. The lowest BCUT2D eigenvalue weighted by atomic mass is 10.0. The van der Waals surface area contributed by atoms with E-state index in [1.807, 2.05) is 6.92 Å². The number of hydrogen-bond donors (Lipinski definition) is 2. The lowest BCUT2D eigenvalue weighted by molar-refractivity contribution is 0.424. The van der Waals surface area contributed by atoms with Gasteiger partial charge in [-0.05, 0) is 19.4 Å². The van der Waals surface area contributed by atoms with Crippen molar-refractivity contribution in [3.63, 3.8) is 0 Å². The normalized spacial score (nSPS) is 11.9. The first kappa shape index (κ1) is 13.2. The number of hydrogen-bond acceptors (Lipinski definition) is 2. The molecule has 14 heavy (non-hydrogen) atoms. The van der Waals surface area contributed by atoms with E-state index in [4.69, 9.17) is 5.73 Å². The highest BCUT2D eigenvalue weighted by Gasteiger charge is 2.10. The van der Waals surface area contributed by atoms with Gasteiger partial charge in [0.15, 0.2) is 0 Å². The summed E-state index contributed by atoms with van der Waals surface area (Å²) < 4.78 is 12.0. The van der Waals surface area contributed by atoms with Gasteiger partial charge in [-0.1, -0.05) is 17.7 Å². The van der Waals surface area contributed by atoms with Gasteiger partial charge in [-0.25, -0.2) is 0 Å². The first-order valence-corrected chi connectivity index (χ1v) is 4.26. The fourth-order valence-electron chi connectivity index (χ4n) is 1.24. The molecule has 0 aliphatic carbocycles. The molecule has 0 unspecified atom stereocenters. The molecule has 1 aromatic rings. The fraction of sp³-hybridized carbons (Fsp3) is 0.400. The van der Waals surface area contributed by atoms with Crippen LogP contribution in [0.3, 0.4) is 0 Å². The molecule has 2 nitrogen and oxygen atoms in total. The van der Waals surface area contributed by atoms with E-state index in [1.165, 1.54) is 0 Å². The van der Waals surface area contributed by atoms with Crippen molar-refractivity contribution >= 4 is 12.4 Å². The van der Waals surface area contributed by atoms with Crippen LogP contribution in [0.15, 0.2) is 18.2 Å². The molecule has 1 atom stereocenters. The van der Waals surface area contributed by atoms with Crippen LogP contribution in [0, 0.1) is 6.92 Å². The van der Waals surface area contributed by atoms with Gasteiger partial charge in [0.1, 0.15) is 5.75 Å². The number of nitrogens with two attached hydrogens (primary N) is 1. The largest absolute Gasteiger partial charge is 0.508 e. The van der Waals surface area contributed by atoms with Gasteiger partial charge in [0.05, 0.1) is 6.67 Å². The molecule has 0 amide bonds. The van der Waals surface area contributed by atoms with Crippen molar-refractivity contribution in [1.82, 2.24) is 0 Å². The summed E-state index contributed by atoms with van der Waals surface area (Å²) in [5.41, 5.74) is 7.31. The molecule has 1 aromatic carbocycles. The zero-order chi connectivity index (χ0) is 9.84. The van der Waals surface area contributed by atoms with Crippen LogP contribution < -0.4 is 5.73 Å². The van der Waals surface area contributed by atoms with E-state index in [-0.39, 0.29) is 24.6 Å². The molecular weight excluding hydrogens is 205 g/mol. The minimum atomic E-state index is -0.464. The van der Waals surface area contributed by atoms with Crippen molar-refractivity contribution in [3.05, 3.63) is 29.3 Å². The Hall–Kier alpha value is -0.800. The summed E-state index contributed by atoms with van der Waals surface area (Å²) in [6.45, 7) is 1.44. The quantitative estimate of drug-likeness (QED) is 0.821. The molecule has 0 aromatic heterocycles. The standard InChI is InChI=1S/C10H14FNO.ClH/c1-7-2-3-10(13)8(6-7)9(12)4-5-11;/h2-3,6,9,13H,4-5,12H2,1H3;1H/t9-;/m1./s1. The predicted octanol–water partition coefficient (Wildman–Crippen LogP) is 2.48. The lowest BCUT2D eigenvalue weighted by Gasteiger charge is -2.12. The van der Waals surface area contributed by atoms with Gasteiger partial charge >= 0.3 is 0 Å². The molecule has 80 valence electrons. The van der Waals surface area contributed by atoms with E-state index in [9.17, 15) is 9.50 Å². The Balaban J connectivity index is 0.00000169. The van der Waals surface area contributed by atoms with E-state index >= 15 is 0 Å². The molecular formula is C10H15ClFNO. The first-order chi connectivity index (χ1) is 6.15. The molecule has 0 saturated carbocycles. The van der Waals surface area contributed by atoms with Crippen LogP contribution in [-0.4, -0.2) is 11.8 Å². The average Bonchev–Trinajstić information content (AvgIpc) is 2.09. The minimum absolute atomic E-state index is 0. The maximum Gasteiger partial charge on any atom is 0.120 e. The lowest BCUT2D eigenvalue weighted by Crippen LogP contribution is -2.11. The predicted molar refractivity (Wildman–Crippen MR) is 57.6 cm³/mol. The van der Waals surface area contributed by atoms with Crippen LogP contribution in [0.4, 0.5) is 4.39 Å². The van der Waals surface area contributed by atoms with Gasteiger partial charge in [0, 0.05) is 11.6 Å². The second kappa shape index (κ2) is 5.83. The maximum atomic E-state index is 12.0. The summed E-state index contributed by atoms with van der Waals surface area (Å²) in [6.07, 6.45) is 0.247. The molecule has 1 rings (SSSR count). The number of aromatic hydroxyl groups is 1. The van der Waals surface area contributed by atoms with Gasteiger partial charge in [0.25, 0.3) is 0 Å². The number of benzene rings is 1. The Kier molecular flexibility index (Phi) is 5.50. The fourth-order valence-corrected chi connectivity index (χ4v) is 1.24. The highest BCUT2D eigenvalue weighted by atomic mass is 35.5. The molecule has 3 N–H and O–H groups in total. The molecule has 0 heterocycles. The van der Waals surface area contributed by atoms with Crippen LogP contribution >= 0.6 is 12.4 Å². The van der Waals surface area contributed by atoms with Crippen molar-refractivity contribution in [1.29, 1.82) is 0 Å². The Labute approximate surface area is 89.3 Å². The molecule has 0 aliphatic heterocycles. The summed E-state index contributed by atoms with van der Waals surface area (Å²) in [5, 5.41) is 9.43. The van der Waals surface area contributed by atoms with Gasteiger partial charge in [-0.2, -0.15) is 0 Å². The second-order valence-corrected chi connectivity index (χ2v) is 3.15. The SMILES string of the molecule is Cc1ccc(O)c([C@H](N)CCF)c1.Cl. The van der Waals surface area contributed by atoms with Crippen LogP contribution in [0.25, 0.3) is 0 Å². The molecule has 4 heteroatoms. The van der Waals surface area contributed by atoms with Gasteiger partial charge in [0.2, 0.25) is 0 Å². The zero-order valence-electron chi connectivity index (χ0n) is 8.03. The number of rotatable bonds is 3. The van der Waals surface area contributed by atoms with Gasteiger partial charge < -0.3 is 10.8 Å². The zero-order valence-corrected chi connectivity index (χ0v) is 8.85. The molecule has 0 fully saturated rings. The van der Waals surface area contributed by atoms with Crippen molar-refractivity contribution in [2.75, 3.05) is 6.67 Å². The third-order valence-electron chi connectivity index (χ3n) is 2.00. The Bertz CT molecular complexity index is 293. The molecule has 0 spiro atoms. The van der Waals surface area contributed by atoms with Crippen molar-refractivity contribution in [2.24, 2.45) is 5.73 Å². The number of halogens is 2. The minimum Gasteiger partial charge on any atom is -0.508 e. The molecule has 0 aliphatic rings. The highest BCUT2D eigenvalue weighted by molar-refractivity contribution is 5.85. The summed E-state index contributed by atoms with van der Waals surface area (Å²) >= 11 is 0. The first-order valence-electron chi connectivity index (χ1n) is 4.26. The van der Waals surface area contributed by atoms with Gasteiger partial charge in [-0.15, -0.1) is 12.4 Å². The highest BCUT2D eigenvalue weighted by Crippen LogP contribution is 2.25. The van der Waals surface area contributed by atoms with Crippen molar-refractivity contribution < 1.29 is 9.50 Å². The topological polar surface area (TPSA) is 46.2 Å². The number of alkyl halides is 1. The summed E-state index contributed by atoms with van der Waals surface area (Å²) in [7, 11) is 0. The Morgan fingerprint density at radius 3 is 2.71 bits per heavy atom. The Morgan fingerprint density at radius 1 is 1.50 bits per heavy atom. The van der Waals surface area contributed by atoms with Crippen molar-refractivity contribution in [2.45, 2.75) is 19.4 Å². The number of phenolic OH excluding ortho intramolecular Hbond substituents is 1. The van der Waals surface area contributed by atoms with E-state index in [2.05, 4.69) is 0 Å². The molecule has 0 radical (unpaired) electrons. The second-order valence-electron chi connectivity index (χ2n) is 3.15. The molecule has 0 saturated heterocycles. The van der Waals surface area contributed by atoms with Crippen LogP contribution in [0.1, 0.15) is 23.6 Å². The summed E-state index contributed by atoms with van der Waals surface area (Å²) in [6, 6.07) is 4.75. The van der Waals surface area contributed by atoms with Gasteiger partial charge in [-0.3, -0.25) is 4.39 Å². The van der Waals surface area contributed by atoms with E-state index in [0.29, 0.717) is 5.56 Å². The number of aryl methyl sites for hydroxylation is 1. The van der Waals surface area contributed by atoms with E-state index in [0.717, 1.165) is 5.56 Å². The van der Waals surface area contributed by atoms with E-state index in [1.54, 1.807) is 18.2 Å². The summed E-state index contributed by atoms with van der Waals surface area (Å²) in [5.74, 6) is 0.145. The third-order valence-corrected chi connectivity index (χ3v) is 2.00. The van der Waals surface area contributed by atoms with E-state index < -0.39 is 12.7 Å². The summed E-state index contributed by atoms with van der Waals surface area (Å²) in [4.78, 5) is 0. The van der Waals surface area contributed by atoms with Crippen LogP contribution in [0.5, 0.6) is 5.75 Å². The van der Waals surface area contributed by atoms with Crippen LogP contribution in [0.2, 0.25) is 0 Å².